The maximum atomic E-state index is 12.6. The minimum absolute atomic E-state index is 0.0611. The summed E-state index contributed by atoms with van der Waals surface area (Å²) in [5.74, 6) is 0.460. The number of nitrogens with two attached hydrogens (primary N) is 1. The third-order valence-electron chi connectivity index (χ3n) is 5.91. The van der Waals surface area contributed by atoms with Crippen LogP contribution in [0.15, 0.2) is 59.5 Å². The minimum atomic E-state index is -0.734. The van der Waals surface area contributed by atoms with Gasteiger partial charge in [0.15, 0.2) is 12.2 Å². The molecule has 0 fully saturated rings. The largest absolute Gasteiger partial charge is 0.496 e. The number of methoxy groups -OCH3 is 1. The molecule has 3 amide bonds. The molecule has 0 aliphatic carbocycles. The van der Waals surface area contributed by atoms with Gasteiger partial charge in [-0.1, -0.05) is 32.9 Å². The van der Waals surface area contributed by atoms with Gasteiger partial charge in [0.2, 0.25) is 0 Å². The highest BCUT2D eigenvalue weighted by atomic mass is 16.6. The van der Waals surface area contributed by atoms with E-state index in [4.69, 9.17) is 24.4 Å². The number of anilines is 2. The van der Waals surface area contributed by atoms with Crippen LogP contribution in [0.4, 0.5) is 21.0 Å². The van der Waals surface area contributed by atoms with Crippen LogP contribution in [0.1, 0.15) is 32.8 Å². The van der Waals surface area contributed by atoms with E-state index in [1.807, 2.05) is 20.8 Å². The molecule has 1 aromatic heterocycles. The SMILES string of the molecule is CCC(COC(=O)[C@H](N)C(C)C)OC(=O)NCc1cccc(NC(=O)Nc2ccc(-c3cnco3)c(OC)c2)c1. The van der Waals surface area contributed by atoms with Crippen LogP contribution in [0.3, 0.4) is 0 Å². The maximum Gasteiger partial charge on any atom is 0.407 e. The number of hydrogen-bond acceptors (Lipinski definition) is 9. The molecule has 1 heterocycles. The molecule has 0 saturated carbocycles. The van der Waals surface area contributed by atoms with Gasteiger partial charge in [0.25, 0.3) is 0 Å². The van der Waals surface area contributed by atoms with Gasteiger partial charge in [0, 0.05) is 24.0 Å². The molecule has 0 radical (unpaired) electrons. The Hall–Kier alpha value is -4.58. The van der Waals surface area contributed by atoms with Crippen molar-refractivity contribution in [3.8, 4) is 17.1 Å². The monoisotopic (exact) mass is 553 g/mol. The number of alkyl carbamates (subject to hydrolysis) is 1. The average molecular weight is 554 g/mol. The van der Waals surface area contributed by atoms with Crippen molar-refractivity contribution in [1.82, 2.24) is 10.3 Å². The van der Waals surface area contributed by atoms with Crippen LogP contribution in [0.5, 0.6) is 5.75 Å². The molecule has 2 aromatic carbocycles. The van der Waals surface area contributed by atoms with Crippen molar-refractivity contribution in [1.29, 1.82) is 0 Å². The van der Waals surface area contributed by atoms with E-state index in [0.717, 1.165) is 5.56 Å². The molecule has 0 spiro atoms. The Morgan fingerprint density at radius 2 is 1.82 bits per heavy atom. The molecule has 12 heteroatoms. The van der Waals surface area contributed by atoms with Gasteiger partial charge >= 0.3 is 18.1 Å². The van der Waals surface area contributed by atoms with E-state index in [2.05, 4.69) is 20.9 Å². The van der Waals surface area contributed by atoms with Crippen LogP contribution in [0.2, 0.25) is 0 Å². The summed E-state index contributed by atoms with van der Waals surface area (Å²) >= 11 is 0. The van der Waals surface area contributed by atoms with Crippen LogP contribution >= 0.6 is 0 Å². The normalized spacial score (nSPS) is 12.2. The molecule has 0 bridgehead atoms. The minimum Gasteiger partial charge on any atom is -0.496 e. The number of urea groups is 1. The first kappa shape index (κ1) is 30.0. The van der Waals surface area contributed by atoms with Crippen molar-refractivity contribution in [2.75, 3.05) is 24.4 Å². The number of benzene rings is 2. The third kappa shape index (κ3) is 8.73. The zero-order valence-corrected chi connectivity index (χ0v) is 22.9. The van der Waals surface area contributed by atoms with Crippen molar-refractivity contribution >= 4 is 29.5 Å². The second-order valence-electron chi connectivity index (χ2n) is 9.25. The summed E-state index contributed by atoms with van der Waals surface area (Å²) in [6.07, 6.45) is 2.09. The first-order valence-electron chi connectivity index (χ1n) is 12.8. The maximum absolute atomic E-state index is 12.6. The molecule has 0 aliphatic heterocycles. The quantitative estimate of drug-likeness (QED) is 0.236. The number of rotatable bonds is 12. The highest BCUT2D eigenvalue weighted by molar-refractivity contribution is 6.00. The second-order valence-corrected chi connectivity index (χ2v) is 9.25. The molecule has 3 rings (SSSR count). The highest BCUT2D eigenvalue weighted by Crippen LogP contribution is 2.32. The number of hydrogen-bond donors (Lipinski definition) is 4. The number of carbonyl (C=O) groups is 3. The number of amides is 3. The summed E-state index contributed by atoms with van der Waals surface area (Å²) in [7, 11) is 1.52. The number of oxazole rings is 1. The van der Waals surface area contributed by atoms with Crippen molar-refractivity contribution in [2.24, 2.45) is 11.7 Å². The Kier molecular flexibility index (Phi) is 10.9. The lowest BCUT2D eigenvalue weighted by molar-refractivity contribution is -0.149. The number of nitrogens with one attached hydrogen (secondary N) is 3. The molecule has 1 unspecified atom stereocenters. The fraction of sp³-hybridized carbons (Fsp3) is 0.357. The Morgan fingerprint density at radius 3 is 2.48 bits per heavy atom. The summed E-state index contributed by atoms with van der Waals surface area (Å²) in [6.45, 7) is 5.54. The van der Waals surface area contributed by atoms with Gasteiger partial charge in [-0.2, -0.15) is 0 Å². The molecule has 0 aliphatic rings. The smallest absolute Gasteiger partial charge is 0.407 e. The van der Waals surface area contributed by atoms with Gasteiger partial charge in [0.05, 0.1) is 18.9 Å². The van der Waals surface area contributed by atoms with Gasteiger partial charge < -0.3 is 40.3 Å². The molecule has 3 aromatic rings. The van der Waals surface area contributed by atoms with Crippen molar-refractivity contribution < 1.29 is 33.0 Å². The number of ether oxygens (including phenoxy) is 3. The summed E-state index contributed by atoms with van der Waals surface area (Å²) in [6, 6.07) is 10.9. The van der Waals surface area contributed by atoms with Gasteiger partial charge in [0.1, 0.15) is 24.5 Å². The summed E-state index contributed by atoms with van der Waals surface area (Å²) < 4.78 is 21.3. The zero-order valence-electron chi connectivity index (χ0n) is 22.9. The standard InChI is InChI=1S/C28H35N5O7/c1-5-21(15-38-26(34)25(29)17(2)3)40-28(36)31-13-18-7-6-8-19(11-18)32-27(35)33-20-9-10-22(23(12-20)37-4)24-14-30-16-39-24/h6-12,14,16-17,21,25H,5,13,15,29H2,1-4H3,(H,31,36)(H2,32,33,35)/t21?,25-/m1/s1. The predicted octanol–water partition coefficient (Wildman–Crippen LogP) is 4.53. The lowest BCUT2D eigenvalue weighted by Crippen LogP contribution is -2.39. The zero-order chi connectivity index (χ0) is 29.1. The number of carbonyl (C=O) groups excluding carboxylic acids is 3. The molecule has 5 N–H and O–H groups in total. The van der Waals surface area contributed by atoms with Gasteiger partial charge in [-0.25, -0.2) is 14.6 Å². The lowest BCUT2D eigenvalue weighted by atomic mass is 10.1. The Bertz CT molecular complexity index is 1280. The molecule has 0 saturated heterocycles. The van der Waals surface area contributed by atoms with Gasteiger partial charge in [-0.3, -0.25) is 4.79 Å². The topological polar surface area (TPSA) is 167 Å². The van der Waals surface area contributed by atoms with Crippen LogP contribution in [-0.2, 0) is 20.8 Å². The lowest BCUT2D eigenvalue weighted by Gasteiger charge is -2.19. The third-order valence-corrected chi connectivity index (χ3v) is 5.91. The van der Waals surface area contributed by atoms with Crippen molar-refractivity contribution in [3.63, 3.8) is 0 Å². The van der Waals surface area contributed by atoms with E-state index in [1.54, 1.807) is 48.7 Å². The average Bonchev–Trinajstić information content (AvgIpc) is 3.48. The van der Waals surface area contributed by atoms with Crippen molar-refractivity contribution in [3.05, 3.63) is 60.6 Å². The summed E-state index contributed by atoms with van der Waals surface area (Å²) in [5.41, 5.74) is 8.25. The van der Waals surface area contributed by atoms with E-state index in [0.29, 0.717) is 34.9 Å². The van der Waals surface area contributed by atoms with Crippen LogP contribution < -0.4 is 26.4 Å². The Labute approximate surface area is 232 Å². The number of nitrogens with zero attached hydrogens (tertiary/aromatic N) is 1. The fourth-order valence-electron chi connectivity index (χ4n) is 3.52. The first-order chi connectivity index (χ1) is 19.2. The first-order valence-corrected chi connectivity index (χ1v) is 12.8. The molecular formula is C28H35N5O7. The predicted molar refractivity (Wildman–Crippen MR) is 149 cm³/mol. The number of esters is 1. The number of aromatic nitrogens is 1. The van der Waals surface area contributed by atoms with Crippen molar-refractivity contribution in [2.45, 2.75) is 45.9 Å². The van der Waals surface area contributed by atoms with E-state index < -0.39 is 30.2 Å². The molecule has 12 nitrogen and oxygen atoms in total. The van der Waals surface area contributed by atoms with E-state index >= 15 is 0 Å². The van der Waals surface area contributed by atoms with E-state index in [9.17, 15) is 14.4 Å². The van der Waals surface area contributed by atoms with Crippen LogP contribution in [0, 0.1) is 5.92 Å². The summed E-state index contributed by atoms with van der Waals surface area (Å²) in [4.78, 5) is 40.7. The van der Waals surface area contributed by atoms with Crippen LogP contribution in [-0.4, -0.2) is 48.9 Å². The Balaban J connectivity index is 1.49. The highest BCUT2D eigenvalue weighted by Gasteiger charge is 2.21. The van der Waals surface area contributed by atoms with Gasteiger partial charge in [-0.05, 0) is 42.2 Å². The second kappa shape index (κ2) is 14.5. The fourth-order valence-corrected chi connectivity index (χ4v) is 3.52. The Morgan fingerprint density at radius 1 is 1.07 bits per heavy atom. The molecule has 40 heavy (non-hydrogen) atoms. The van der Waals surface area contributed by atoms with Gasteiger partial charge in [-0.15, -0.1) is 0 Å². The van der Waals surface area contributed by atoms with E-state index in [-0.39, 0.29) is 19.1 Å². The molecule has 2 atom stereocenters. The van der Waals surface area contributed by atoms with Crippen LogP contribution in [0.25, 0.3) is 11.3 Å². The molecule has 214 valence electrons. The summed E-state index contributed by atoms with van der Waals surface area (Å²) in [5, 5.41) is 8.18. The molecular weight excluding hydrogens is 518 g/mol. The van der Waals surface area contributed by atoms with E-state index in [1.165, 1.54) is 13.5 Å².